The number of aryl methyl sites for hydroxylation is 1. The molecule has 1 aliphatic heterocycles. The fourth-order valence-electron chi connectivity index (χ4n) is 2.84. The van der Waals surface area contributed by atoms with Crippen LogP contribution in [0.4, 0.5) is 4.79 Å². The molecule has 1 aromatic heterocycles. The minimum Gasteiger partial charge on any atom is -0.337 e. The normalized spacial score (nSPS) is 17.5. The molecule has 22 heavy (non-hydrogen) atoms. The molecule has 7 nitrogen and oxygen atoms in total. The van der Waals surface area contributed by atoms with Gasteiger partial charge in [-0.1, -0.05) is 0 Å². The van der Waals surface area contributed by atoms with E-state index in [9.17, 15) is 9.59 Å². The number of imidazole rings is 1. The summed E-state index contributed by atoms with van der Waals surface area (Å²) in [6, 6.07) is -0.00131. The number of nitrogens with zero attached hydrogens (tertiary/aromatic N) is 5. The van der Waals surface area contributed by atoms with Crippen molar-refractivity contribution < 1.29 is 9.59 Å². The fourth-order valence-corrected chi connectivity index (χ4v) is 2.84. The number of hydrogen-bond donors (Lipinski definition) is 0. The largest absolute Gasteiger partial charge is 0.337 e. The zero-order chi connectivity index (χ0) is 16.3. The maximum atomic E-state index is 12.5. The summed E-state index contributed by atoms with van der Waals surface area (Å²) in [6.45, 7) is 6.37. The number of hydrogen-bond acceptors (Lipinski definition) is 3. The predicted octanol–water partition coefficient (Wildman–Crippen LogP) is 0.878. The maximum Gasteiger partial charge on any atom is 0.319 e. The van der Waals surface area contributed by atoms with E-state index in [0.29, 0.717) is 32.6 Å². The highest BCUT2D eigenvalue weighted by atomic mass is 16.2. The Morgan fingerprint density at radius 1 is 1.27 bits per heavy atom. The van der Waals surface area contributed by atoms with Crippen molar-refractivity contribution in [1.29, 1.82) is 0 Å². The summed E-state index contributed by atoms with van der Waals surface area (Å²) in [7, 11) is 3.50. The van der Waals surface area contributed by atoms with Gasteiger partial charge in [-0.2, -0.15) is 0 Å². The molecule has 0 saturated carbocycles. The van der Waals surface area contributed by atoms with E-state index >= 15 is 0 Å². The lowest BCUT2D eigenvalue weighted by Gasteiger charge is -2.47. The summed E-state index contributed by atoms with van der Waals surface area (Å²) in [6.07, 6.45) is 5.72. The average molecular weight is 307 g/mol. The van der Waals surface area contributed by atoms with Gasteiger partial charge >= 0.3 is 6.03 Å². The van der Waals surface area contributed by atoms with Gasteiger partial charge in [-0.15, -0.1) is 0 Å². The first kappa shape index (κ1) is 16.3. The molecule has 2 heterocycles. The number of piperazine rings is 1. The second-order valence-electron chi connectivity index (χ2n) is 6.51. The standard InChI is InChI=1S/C15H25N5O2/c1-15(2)11-19(14(22)17(3)4)9-10-20(15)13(21)5-7-18-8-6-16-12-18/h6,8,12H,5,7,9-11H2,1-4H3. The van der Waals surface area contributed by atoms with Gasteiger partial charge in [-0.3, -0.25) is 4.79 Å². The van der Waals surface area contributed by atoms with Gasteiger partial charge in [0.2, 0.25) is 5.91 Å². The Morgan fingerprint density at radius 3 is 2.55 bits per heavy atom. The van der Waals surface area contributed by atoms with Crippen LogP contribution in [0.2, 0.25) is 0 Å². The van der Waals surface area contributed by atoms with Gasteiger partial charge in [0, 0.05) is 59.1 Å². The summed E-state index contributed by atoms with van der Waals surface area (Å²) in [5.41, 5.74) is -0.351. The molecule has 0 radical (unpaired) electrons. The second-order valence-corrected chi connectivity index (χ2v) is 6.51. The predicted molar refractivity (Wildman–Crippen MR) is 83.3 cm³/mol. The van der Waals surface area contributed by atoms with Crippen molar-refractivity contribution in [3.05, 3.63) is 18.7 Å². The van der Waals surface area contributed by atoms with Gasteiger partial charge in [0.05, 0.1) is 11.9 Å². The van der Waals surface area contributed by atoms with Crippen LogP contribution in [-0.2, 0) is 11.3 Å². The summed E-state index contributed by atoms with van der Waals surface area (Å²) in [5, 5.41) is 0. The Labute approximate surface area is 131 Å². The number of amides is 3. The van der Waals surface area contributed by atoms with Crippen molar-refractivity contribution in [2.75, 3.05) is 33.7 Å². The Hall–Kier alpha value is -2.05. The second kappa shape index (κ2) is 6.37. The lowest BCUT2D eigenvalue weighted by atomic mass is 9.98. The van der Waals surface area contributed by atoms with Crippen LogP contribution in [0.25, 0.3) is 0 Å². The fraction of sp³-hybridized carbons (Fsp3) is 0.667. The van der Waals surface area contributed by atoms with Crippen LogP contribution in [-0.4, -0.2) is 75.5 Å². The van der Waals surface area contributed by atoms with Crippen LogP contribution in [0.15, 0.2) is 18.7 Å². The van der Waals surface area contributed by atoms with Crippen LogP contribution in [0.1, 0.15) is 20.3 Å². The summed E-state index contributed by atoms with van der Waals surface area (Å²) in [4.78, 5) is 33.8. The van der Waals surface area contributed by atoms with E-state index in [0.717, 1.165) is 0 Å². The van der Waals surface area contributed by atoms with Crippen molar-refractivity contribution in [2.45, 2.75) is 32.4 Å². The first-order valence-electron chi connectivity index (χ1n) is 7.54. The van der Waals surface area contributed by atoms with Gasteiger partial charge in [0.1, 0.15) is 0 Å². The van der Waals surface area contributed by atoms with Crippen LogP contribution in [0.3, 0.4) is 0 Å². The van der Waals surface area contributed by atoms with E-state index in [2.05, 4.69) is 4.98 Å². The third-order valence-corrected chi connectivity index (χ3v) is 4.00. The highest BCUT2D eigenvalue weighted by molar-refractivity contribution is 5.78. The zero-order valence-corrected chi connectivity index (χ0v) is 13.8. The van der Waals surface area contributed by atoms with Crippen LogP contribution < -0.4 is 0 Å². The highest BCUT2D eigenvalue weighted by Gasteiger charge is 2.38. The zero-order valence-electron chi connectivity index (χ0n) is 13.8. The summed E-state index contributed by atoms with van der Waals surface area (Å²) < 4.78 is 1.90. The summed E-state index contributed by atoms with van der Waals surface area (Å²) >= 11 is 0. The molecule has 0 aromatic carbocycles. The lowest BCUT2D eigenvalue weighted by Crippen LogP contribution is -2.63. The van der Waals surface area contributed by atoms with E-state index < -0.39 is 0 Å². The highest BCUT2D eigenvalue weighted by Crippen LogP contribution is 2.22. The molecule has 0 bridgehead atoms. The Morgan fingerprint density at radius 2 is 2.00 bits per heavy atom. The van der Waals surface area contributed by atoms with Crippen molar-refractivity contribution in [3.63, 3.8) is 0 Å². The van der Waals surface area contributed by atoms with Crippen molar-refractivity contribution in [1.82, 2.24) is 24.3 Å². The molecule has 0 atom stereocenters. The topological polar surface area (TPSA) is 61.7 Å². The molecule has 0 unspecified atom stereocenters. The number of carbonyl (C=O) groups excluding carboxylic acids is 2. The average Bonchev–Trinajstić information content (AvgIpc) is 2.96. The van der Waals surface area contributed by atoms with Crippen LogP contribution >= 0.6 is 0 Å². The molecule has 1 fully saturated rings. The van der Waals surface area contributed by atoms with Gasteiger partial charge < -0.3 is 19.3 Å². The number of rotatable bonds is 3. The number of urea groups is 1. The molecule has 0 aliphatic carbocycles. The van der Waals surface area contributed by atoms with Crippen molar-refractivity contribution >= 4 is 11.9 Å². The molecular weight excluding hydrogens is 282 g/mol. The summed E-state index contributed by atoms with van der Waals surface area (Å²) in [5.74, 6) is 0.121. The van der Waals surface area contributed by atoms with Gasteiger partial charge in [-0.05, 0) is 13.8 Å². The lowest BCUT2D eigenvalue weighted by molar-refractivity contribution is -0.140. The first-order chi connectivity index (χ1) is 10.3. The minimum atomic E-state index is -0.351. The molecule has 0 spiro atoms. The van der Waals surface area contributed by atoms with E-state index in [1.54, 1.807) is 36.4 Å². The Bertz CT molecular complexity index is 524. The molecule has 7 heteroatoms. The molecule has 1 saturated heterocycles. The molecule has 1 aliphatic rings. The third kappa shape index (κ3) is 3.58. The maximum absolute atomic E-state index is 12.5. The molecular formula is C15H25N5O2. The molecule has 122 valence electrons. The minimum absolute atomic E-state index is 0.00131. The Balaban J connectivity index is 1.95. The molecule has 2 rings (SSSR count). The molecule has 0 N–H and O–H groups in total. The van der Waals surface area contributed by atoms with Gasteiger partial charge in [0.15, 0.2) is 0 Å². The first-order valence-corrected chi connectivity index (χ1v) is 7.54. The van der Waals surface area contributed by atoms with E-state index in [1.165, 1.54) is 0 Å². The molecule has 3 amide bonds. The van der Waals surface area contributed by atoms with E-state index in [-0.39, 0.29) is 17.5 Å². The quantitative estimate of drug-likeness (QED) is 0.833. The van der Waals surface area contributed by atoms with Crippen LogP contribution in [0, 0.1) is 0 Å². The molecule has 1 aromatic rings. The van der Waals surface area contributed by atoms with Crippen molar-refractivity contribution in [2.24, 2.45) is 0 Å². The van der Waals surface area contributed by atoms with Gasteiger partial charge in [-0.25, -0.2) is 9.78 Å². The number of carbonyl (C=O) groups is 2. The smallest absolute Gasteiger partial charge is 0.319 e. The van der Waals surface area contributed by atoms with Gasteiger partial charge in [0.25, 0.3) is 0 Å². The number of aromatic nitrogens is 2. The monoisotopic (exact) mass is 307 g/mol. The third-order valence-electron chi connectivity index (χ3n) is 4.00. The van der Waals surface area contributed by atoms with E-state index in [4.69, 9.17) is 0 Å². The SMILES string of the molecule is CN(C)C(=O)N1CCN(C(=O)CCn2ccnc2)C(C)(C)C1. The van der Waals surface area contributed by atoms with Crippen LogP contribution in [0.5, 0.6) is 0 Å². The Kier molecular flexibility index (Phi) is 4.73. The van der Waals surface area contributed by atoms with Crippen molar-refractivity contribution in [3.8, 4) is 0 Å². The van der Waals surface area contributed by atoms with E-state index in [1.807, 2.05) is 29.5 Å².